The molecule has 124 valence electrons. The highest BCUT2D eigenvalue weighted by atomic mass is 32.2. The van der Waals surface area contributed by atoms with Gasteiger partial charge in [-0.1, -0.05) is 0 Å². The smallest absolute Gasteiger partial charge is 0.254 e. The van der Waals surface area contributed by atoms with E-state index in [2.05, 4.69) is 5.32 Å². The molecule has 0 radical (unpaired) electrons. The summed E-state index contributed by atoms with van der Waals surface area (Å²) in [6.45, 7) is -0.376. The Morgan fingerprint density at radius 2 is 1.83 bits per heavy atom. The van der Waals surface area contributed by atoms with Crippen LogP contribution in [0.3, 0.4) is 0 Å². The van der Waals surface area contributed by atoms with Crippen molar-refractivity contribution in [1.29, 1.82) is 0 Å². The second-order valence-electron chi connectivity index (χ2n) is 4.34. The van der Waals surface area contributed by atoms with Crippen molar-refractivity contribution in [2.75, 3.05) is 13.1 Å². The van der Waals surface area contributed by atoms with Crippen molar-refractivity contribution in [2.24, 2.45) is 0 Å². The number of furan rings is 1. The van der Waals surface area contributed by atoms with Gasteiger partial charge in [-0.25, -0.2) is 26.3 Å². The van der Waals surface area contributed by atoms with Crippen LogP contribution in [-0.4, -0.2) is 27.4 Å². The van der Waals surface area contributed by atoms with Crippen LogP contribution in [0.1, 0.15) is 10.4 Å². The number of nitrogens with one attached hydrogen (secondary N) is 2. The standard InChI is InChI=1S/C13H11F3N2O4S/c14-9-1-2-10(12(16)11(9)15)23(20,21)18-5-4-17-13(19)8-3-6-22-7-8/h1-3,6-7,18H,4-5H2,(H,17,19). The summed E-state index contributed by atoms with van der Waals surface area (Å²) >= 11 is 0. The molecule has 10 heteroatoms. The Kier molecular flexibility index (Phi) is 5.06. The zero-order valence-corrected chi connectivity index (χ0v) is 12.3. The van der Waals surface area contributed by atoms with Crippen LogP contribution in [0.2, 0.25) is 0 Å². The number of carbonyl (C=O) groups is 1. The molecular weight excluding hydrogens is 337 g/mol. The van der Waals surface area contributed by atoms with E-state index in [-0.39, 0.29) is 18.7 Å². The van der Waals surface area contributed by atoms with Crippen LogP contribution in [0.15, 0.2) is 40.0 Å². The maximum Gasteiger partial charge on any atom is 0.254 e. The van der Waals surface area contributed by atoms with E-state index in [0.717, 1.165) is 0 Å². The molecule has 0 aliphatic carbocycles. The lowest BCUT2D eigenvalue weighted by Crippen LogP contribution is -2.35. The van der Waals surface area contributed by atoms with Crippen molar-refractivity contribution in [1.82, 2.24) is 10.0 Å². The average Bonchev–Trinajstić information content (AvgIpc) is 3.03. The molecule has 0 aliphatic rings. The van der Waals surface area contributed by atoms with Gasteiger partial charge in [-0.3, -0.25) is 4.79 Å². The normalized spacial score (nSPS) is 11.4. The van der Waals surface area contributed by atoms with Gasteiger partial charge in [-0.05, 0) is 18.2 Å². The van der Waals surface area contributed by atoms with Gasteiger partial charge in [0.25, 0.3) is 5.91 Å². The van der Waals surface area contributed by atoms with E-state index in [4.69, 9.17) is 4.42 Å². The van der Waals surface area contributed by atoms with Crippen LogP contribution in [0.5, 0.6) is 0 Å². The van der Waals surface area contributed by atoms with Crippen molar-refractivity contribution < 1.29 is 30.8 Å². The molecule has 6 nitrogen and oxygen atoms in total. The maximum atomic E-state index is 13.5. The third kappa shape index (κ3) is 3.90. The summed E-state index contributed by atoms with van der Waals surface area (Å²) in [5.74, 6) is -5.66. The molecule has 1 aromatic heterocycles. The Balaban J connectivity index is 1.95. The monoisotopic (exact) mass is 348 g/mol. The van der Waals surface area contributed by atoms with E-state index >= 15 is 0 Å². The number of hydrogen-bond acceptors (Lipinski definition) is 4. The lowest BCUT2D eigenvalue weighted by molar-refractivity contribution is 0.0953. The van der Waals surface area contributed by atoms with Gasteiger partial charge < -0.3 is 9.73 Å². The molecule has 0 fully saturated rings. The average molecular weight is 348 g/mol. The molecule has 1 heterocycles. The summed E-state index contributed by atoms with van der Waals surface area (Å²) in [6, 6.07) is 2.53. The second-order valence-corrected chi connectivity index (χ2v) is 6.07. The molecule has 0 saturated carbocycles. The van der Waals surface area contributed by atoms with Gasteiger partial charge >= 0.3 is 0 Å². The molecule has 1 aromatic carbocycles. The highest BCUT2D eigenvalue weighted by molar-refractivity contribution is 7.89. The Labute approximate surface area is 129 Å². The predicted molar refractivity (Wildman–Crippen MR) is 72.5 cm³/mol. The minimum absolute atomic E-state index is 0.103. The topological polar surface area (TPSA) is 88.4 Å². The van der Waals surface area contributed by atoms with Crippen molar-refractivity contribution >= 4 is 15.9 Å². The summed E-state index contributed by atoms with van der Waals surface area (Å²) in [7, 11) is -4.38. The fraction of sp³-hybridized carbons (Fsp3) is 0.154. The van der Waals surface area contributed by atoms with Crippen LogP contribution in [0, 0.1) is 17.5 Å². The highest BCUT2D eigenvalue weighted by Crippen LogP contribution is 2.19. The van der Waals surface area contributed by atoms with E-state index in [1.807, 2.05) is 4.72 Å². The summed E-state index contributed by atoms with van der Waals surface area (Å²) in [6.07, 6.45) is 2.50. The SMILES string of the molecule is O=C(NCCNS(=O)(=O)c1ccc(F)c(F)c1F)c1ccoc1. The fourth-order valence-corrected chi connectivity index (χ4v) is 2.75. The molecule has 0 aliphatic heterocycles. The number of carbonyl (C=O) groups excluding carboxylic acids is 1. The fourth-order valence-electron chi connectivity index (χ4n) is 1.65. The molecule has 2 rings (SSSR count). The molecule has 0 spiro atoms. The van der Waals surface area contributed by atoms with E-state index < -0.39 is 38.3 Å². The Bertz CT molecular complexity index is 807. The molecule has 1 amide bonds. The molecule has 2 N–H and O–H groups in total. The Hall–Kier alpha value is -2.33. The summed E-state index contributed by atoms with van der Waals surface area (Å²) in [5, 5.41) is 2.39. The van der Waals surface area contributed by atoms with Crippen LogP contribution in [-0.2, 0) is 10.0 Å². The van der Waals surface area contributed by atoms with Gasteiger partial charge in [0.15, 0.2) is 17.5 Å². The summed E-state index contributed by atoms with van der Waals surface area (Å²) in [5.41, 5.74) is 0.250. The van der Waals surface area contributed by atoms with Gasteiger partial charge in [0, 0.05) is 13.1 Å². The third-order valence-electron chi connectivity index (χ3n) is 2.78. The minimum atomic E-state index is -4.38. The number of benzene rings is 1. The molecule has 0 atom stereocenters. The Morgan fingerprint density at radius 1 is 1.09 bits per heavy atom. The molecular formula is C13H11F3N2O4S. The molecule has 0 saturated heterocycles. The number of halogens is 3. The van der Waals surface area contributed by atoms with Gasteiger partial charge in [0.2, 0.25) is 10.0 Å². The molecule has 0 bridgehead atoms. The number of rotatable bonds is 6. The lowest BCUT2D eigenvalue weighted by Gasteiger charge is -2.09. The van der Waals surface area contributed by atoms with Gasteiger partial charge in [-0.15, -0.1) is 0 Å². The van der Waals surface area contributed by atoms with Crippen molar-refractivity contribution in [2.45, 2.75) is 4.90 Å². The van der Waals surface area contributed by atoms with E-state index in [9.17, 15) is 26.4 Å². The molecule has 23 heavy (non-hydrogen) atoms. The van der Waals surface area contributed by atoms with Crippen LogP contribution in [0.4, 0.5) is 13.2 Å². The van der Waals surface area contributed by atoms with E-state index in [0.29, 0.717) is 12.1 Å². The zero-order chi connectivity index (χ0) is 17.0. The second kappa shape index (κ2) is 6.84. The van der Waals surface area contributed by atoms with Gasteiger partial charge in [0.05, 0.1) is 11.8 Å². The van der Waals surface area contributed by atoms with Crippen LogP contribution in [0.25, 0.3) is 0 Å². The molecule has 0 unspecified atom stereocenters. The zero-order valence-electron chi connectivity index (χ0n) is 11.5. The number of hydrogen-bond donors (Lipinski definition) is 2. The molecule has 2 aromatic rings. The Morgan fingerprint density at radius 3 is 2.48 bits per heavy atom. The highest BCUT2D eigenvalue weighted by Gasteiger charge is 2.23. The van der Waals surface area contributed by atoms with Gasteiger partial charge in [0.1, 0.15) is 11.2 Å². The van der Waals surface area contributed by atoms with E-state index in [1.165, 1.54) is 18.6 Å². The first-order valence-corrected chi connectivity index (χ1v) is 7.75. The van der Waals surface area contributed by atoms with Crippen molar-refractivity contribution in [3.05, 3.63) is 53.7 Å². The van der Waals surface area contributed by atoms with Crippen molar-refractivity contribution in [3.8, 4) is 0 Å². The van der Waals surface area contributed by atoms with Crippen LogP contribution >= 0.6 is 0 Å². The quantitative estimate of drug-likeness (QED) is 0.610. The predicted octanol–water partition coefficient (Wildman–Crippen LogP) is 1.41. The first kappa shape index (κ1) is 17.0. The lowest BCUT2D eigenvalue weighted by atomic mass is 10.3. The van der Waals surface area contributed by atoms with E-state index in [1.54, 1.807) is 0 Å². The van der Waals surface area contributed by atoms with Crippen LogP contribution < -0.4 is 10.0 Å². The number of sulfonamides is 1. The number of amides is 1. The summed E-state index contributed by atoms with van der Waals surface area (Å²) < 4.78 is 69.6. The minimum Gasteiger partial charge on any atom is -0.472 e. The largest absolute Gasteiger partial charge is 0.472 e. The first-order chi connectivity index (χ1) is 10.8. The summed E-state index contributed by atoms with van der Waals surface area (Å²) in [4.78, 5) is 10.5. The van der Waals surface area contributed by atoms with Crippen molar-refractivity contribution in [3.63, 3.8) is 0 Å². The first-order valence-electron chi connectivity index (χ1n) is 6.26. The third-order valence-corrected chi connectivity index (χ3v) is 4.25. The van der Waals surface area contributed by atoms with Gasteiger partial charge in [-0.2, -0.15) is 0 Å². The maximum absolute atomic E-state index is 13.5.